The van der Waals surface area contributed by atoms with Crippen molar-refractivity contribution in [2.45, 2.75) is 24.8 Å². The van der Waals surface area contributed by atoms with Crippen molar-refractivity contribution in [3.05, 3.63) is 64.7 Å². The number of nitrogens with zero attached hydrogens (tertiary/aromatic N) is 2. The van der Waals surface area contributed by atoms with E-state index in [-0.39, 0.29) is 29.9 Å². The lowest BCUT2D eigenvalue weighted by molar-refractivity contribution is 0.0827. The van der Waals surface area contributed by atoms with Crippen molar-refractivity contribution in [3.63, 3.8) is 0 Å². The molecule has 2 aromatic rings. The van der Waals surface area contributed by atoms with Crippen molar-refractivity contribution >= 4 is 45.7 Å². The summed E-state index contributed by atoms with van der Waals surface area (Å²) in [5.74, 6) is 0.639. The molecule has 31 heavy (non-hydrogen) atoms. The first-order chi connectivity index (χ1) is 14.1. The van der Waals surface area contributed by atoms with E-state index in [1.807, 2.05) is 30.3 Å². The van der Waals surface area contributed by atoms with E-state index >= 15 is 0 Å². The Balaban J connectivity index is 0.00000480. The quantitative estimate of drug-likeness (QED) is 0.310. The molecule has 0 aliphatic rings. The zero-order chi connectivity index (χ0) is 22.3. The van der Waals surface area contributed by atoms with E-state index in [0.717, 1.165) is 23.1 Å². The average molecular weight is 558 g/mol. The van der Waals surface area contributed by atoms with E-state index in [9.17, 15) is 13.2 Å². The van der Waals surface area contributed by atoms with Crippen LogP contribution in [0, 0.1) is 6.92 Å². The molecule has 0 atom stereocenters. The molecule has 9 heteroatoms. The molecule has 0 radical (unpaired) electrons. The fourth-order valence-electron chi connectivity index (χ4n) is 3.09. The van der Waals surface area contributed by atoms with E-state index in [4.69, 9.17) is 0 Å². The van der Waals surface area contributed by atoms with E-state index < -0.39 is 9.84 Å². The maximum absolute atomic E-state index is 12.1. The van der Waals surface area contributed by atoms with Crippen LogP contribution in [-0.2, 0) is 22.8 Å². The maximum Gasteiger partial charge on any atom is 0.253 e. The van der Waals surface area contributed by atoms with Crippen LogP contribution in [0.15, 0.2) is 52.4 Å². The largest absolute Gasteiger partial charge is 0.356 e. The molecule has 0 heterocycles. The number of halogens is 1. The zero-order valence-corrected chi connectivity index (χ0v) is 21.7. The summed E-state index contributed by atoms with van der Waals surface area (Å²) in [6.45, 7) is 2.98. The molecule has 0 bridgehead atoms. The van der Waals surface area contributed by atoms with Gasteiger partial charge in [0.2, 0.25) is 0 Å². The Bertz CT molecular complexity index is 1040. The van der Waals surface area contributed by atoms with E-state index in [2.05, 4.69) is 15.6 Å². The summed E-state index contributed by atoms with van der Waals surface area (Å²) < 4.78 is 23.5. The minimum Gasteiger partial charge on any atom is -0.356 e. The summed E-state index contributed by atoms with van der Waals surface area (Å²) in [7, 11) is 1.96. The van der Waals surface area contributed by atoms with Crippen molar-refractivity contribution in [1.29, 1.82) is 0 Å². The number of carbonyl (C=O) groups excluding carboxylic acids is 1. The first kappa shape index (κ1) is 26.9. The number of hydrogen-bond acceptors (Lipinski definition) is 4. The van der Waals surface area contributed by atoms with Gasteiger partial charge in [-0.3, -0.25) is 9.79 Å². The number of benzene rings is 2. The highest BCUT2D eigenvalue weighted by molar-refractivity contribution is 14.0. The molecule has 0 fully saturated rings. The minimum absolute atomic E-state index is 0. The fraction of sp³-hybridized carbons (Fsp3) is 0.364. The highest BCUT2D eigenvalue weighted by atomic mass is 127. The third-order valence-corrected chi connectivity index (χ3v) is 5.87. The molecular weight excluding hydrogens is 527 g/mol. The van der Waals surface area contributed by atoms with Gasteiger partial charge in [0.1, 0.15) is 0 Å². The molecule has 1 amide bonds. The molecule has 0 spiro atoms. The average Bonchev–Trinajstić information content (AvgIpc) is 2.69. The van der Waals surface area contributed by atoms with Crippen LogP contribution in [0.2, 0.25) is 0 Å². The zero-order valence-electron chi connectivity index (χ0n) is 18.6. The molecule has 170 valence electrons. The van der Waals surface area contributed by atoms with Crippen molar-refractivity contribution in [2.75, 3.05) is 33.9 Å². The smallest absolute Gasteiger partial charge is 0.253 e. The van der Waals surface area contributed by atoms with Gasteiger partial charge in [-0.05, 0) is 48.2 Å². The molecule has 2 rings (SSSR count). The predicted molar refractivity (Wildman–Crippen MR) is 136 cm³/mol. The Morgan fingerprint density at radius 2 is 1.77 bits per heavy atom. The lowest BCUT2D eigenvalue weighted by atomic mass is 10.1. The third kappa shape index (κ3) is 8.13. The van der Waals surface area contributed by atoms with Gasteiger partial charge in [-0.1, -0.05) is 24.3 Å². The Morgan fingerprint density at radius 3 is 2.35 bits per heavy atom. The van der Waals surface area contributed by atoms with Gasteiger partial charge in [0, 0.05) is 46.1 Å². The van der Waals surface area contributed by atoms with Crippen molar-refractivity contribution in [1.82, 2.24) is 15.5 Å². The Kier molecular flexibility index (Phi) is 10.4. The van der Waals surface area contributed by atoms with Gasteiger partial charge in [0.25, 0.3) is 5.91 Å². The van der Waals surface area contributed by atoms with Crippen LogP contribution in [0.25, 0.3) is 0 Å². The number of sulfone groups is 1. The standard InChI is InChI=1S/C22H30N4O3S.HI/c1-16-13-18(9-10-20(16)30(5,28)29)15-25-22(23-2)24-12-11-17-7-6-8-19(14-17)21(27)26(3)4;/h6-10,13-14H,11-12,15H2,1-5H3,(H2,23,24,25);1H. The predicted octanol–water partition coefficient (Wildman–Crippen LogP) is 2.63. The molecule has 0 aromatic heterocycles. The monoisotopic (exact) mass is 558 g/mol. The van der Waals surface area contributed by atoms with Crippen LogP contribution in [0.3, 0.4) is 0 Å². The van der Waals surface area contributed by atoms with Crippen LogP contribution in [0.1, 0.15) is 27.0 Å². The number of nitrogens with one attached hydrogen (secondary N) is 2. The lowest BCUT2D eigenvalue weighted by Crippen LogP contribution is -2.37. The molecule has 0 unspecified atom stereocenters. The summed E-state index contributed by atoms with van der Waals surface area (Å²) >= 11 is 0. The number of hydrogen-bond donors (Lipinski definition) is 2. The van der Waals surface area contributed by atoms with Gasteiger partial charge in [0.05, 0.1) is 4.90 Å². The molecule has 0 saturated carbocycles. The summed E-state index contributed by atoms with van der Waals surface area (Å²) in [4.78, 5) is 18.2. The van der Waals surface area contributed by atoms with Gasteiger partial charge < -0.3 is 15.5 Å². The van der Waals surface area contributed by atoms with Crippen LogP contribution in [0.4, 0.5) is 0 Å². The van der Waals surface area contributed by atoms with Gasteiger partial charge in [0.15, 0.2) is 15.8 Å². The molecule has 0 aliphatic carbocycles. The molecule has 7 nitrogen and oxygen atoms in total. The second-order valence-corrected chi connectivity index (χ2v) is 9.36. The summed E-state index contributed by atoms with van der Waals surface area (Å²) in [5.41, 5.74) is 3.44. The van der Waals surface area contributed by atoms with Crippen molar-refractivity contribution < 1.29 is 13.2 Å². The summed E-state index contributed by atoms with van der Waals surface area (Å²) in [5, 5.41) is 6.49. The summed E-state index contributed by atoms with van der Waals surface area (Å²) in [6, 6.07) is 12.9. The second kappa shape index (κ2) is 12.0. The maximum atomic E-state index is 12.1. The first-order valence-corrected chi connectivity index (χ1v) is 11.6. The number of amides is 1. The van der Waals surface area contributed by atoms with Gasteiger partial charge in [-0.25, -0.2) is 8.42 Å². The number of aryl methyl sites for hydroxylation is 1. The SMILES string of the molecule is CN=C(NCCc1cccc(C(=O)N(C)C)c1)NCc1ccc(S(C)(=O)=O)c(C)c1.I. The second-order valence-electron chi connectivity index (χ2n) is 7.37. The van der Waals surface area contributed by atoms with Crippen LogP contribution in [-0.4, -0.2) is 59.1 Å². The Hall–Kier alpha value is -2.14. The molecular formula is C22H31IN4O3S. The van der Waals surface area contributed by atoms with Crippen LogP contribution < -0.4 is 10.6 Å². The Morgan fingerprint density at radius 1 is 1.06 bits per heavy atom. The molecule has 2 aromatic carbocycles. The lowest BCUT2D eigenvalue weighted by Gasteiger charge is -2.14. The minimum atomic E-state index is -3.22. The fourth-order valence-corrected chi connectivity index (χ4v) is 4.05. The van der Waals surface area contributed by atoms with Gasteiger partial charge in [-0.15, -0.1) is 24.0 Å². The number of guanidine groups is 1. The van der Waals surface area contributed by atoms with Gasteiger partial charge in [-0.2, -0.15) is 0 Å². The molecule has 2 N–H and O–H groups in total. The number of aliphatic imine (C=N–C) groups is 1. The highest BCUT2D eigenvalue weighted by Gasteiger charge is 2.11. The highest BCUT2D eigenvalue weighted by Crippen LogP contribution is 2.16. The number of carbonyl (C=O) groups is 1. The molecule has 0 aliphatic heterocycles. The normalized spacial score (nSPS) is 11.5. The van der Waals surface area contributed by atoms with E-state index in [1.54, 1.807) is 45.1 Å². The third-order valence-electron chi connectivity index (χ3n) is 4.61. The van der Waals surface area contributed by atoms with Crippen molar-refractivity contribution in [3.8, 4) is 0 Å². The van der Waals surface area contributed by atoms with Crippen LogP contribution >= 0.6 is 24.0 Å². The number of rotatable bonds is 7. The Labute approximate surface area is 202 Å². The first-order valence-electron chi connectivity index (χ1n) is 9.66. The summed E-state index contributed by atoms with van der Waals surface area (Å²) in [6.07, 6.45) is 1.96. The van der Waals surface area contributed by atoms with E-state index in [1.165, 1.54) is 6.26 Å². The van der Waals surface area contributed by atoms with Gasteiger partial charge >= 0.3 is 0 Å². The van der Waals surface area contributed by atoms with E-state index in [0.29, 0.717) is 29.5 Å². The van der Waals surface area contributed by atoms with Crippen LogP contribution in [0.5, 0.6) is 0 Å². The van der Waals surface area contributed by atoms with Crippen molar-refractivity contribution in [2.24, 2.45) is 4.99 Å². The topological polar surface area (TPSA) is 90.9 Å². The molecule has 0 saturated heterocycles.